The molecule has 0 amide bonds. The topological polar surface area (TPSA) is 42.4 Å². The van der Waals surface area contributed by atoms with E-state index in [9.17, 15) is 0 Å². The van der Waals surface area contributed by atoms with Crippen molar-refractivity contribution in [2.45, 2.75) is 0 Å². The number of pyridine rings is 1. The van der Waals surface area contributed by atoms with Gasteiger partial charge < -0.3 is 13.7 Å². The maximum Gasteiger partial charge on any atom is 0.139 e. The third-order valence-corrected chi connectivity index (χ3v) is 8.54. The molecule has 0 radical (unpaired) electrons. The van der Waals surface area contributed by atoms with E-state index in [2.05, 4.69) is 108 Å². The zero-order chi connectivity index (χ0) is 29.7. The van der Waals surface area contributed by atoms with Gasteiger partial charge in [-0.25, -0.2) is 0 Å². The number of benzene rings is 6. The van der Waals surface area contributed by atoms with E-state index in [4.69, 9.17) is 13.8 Å². The molecule has 0 unspecified atom stereocenters. The standard InChI is InChI=1S/C41H26N2O2/c1-2-9-27(10-3-1)28-17-21-30(22-18-28)43(34-13-8-16-37-39(34)32-11-4-6-14-35(32)44-37)31-23-19-29(20-24-31)41-40-33-12-5-7-15-36(33)45-38(40)25-26-42-41/h1-26H. The van der Waals surface area contributed by atoms with E-state index in [1.807, 2.05) is 54.7 Å². The summed E-state index contributed by atoms with van der Waals surface area (Å²) in [6, 6.07) is 52.5. The first-order valence-electron chi connectivity index (χ1n) is 15.0. The Morgan fingerprint density at radius 3 is 1.62 bits per heavy atom. The first-order valence-corrected chi connectivity index (χ1v) is 15.0. The van der Waals surface area contributed by atoms with Gasteiger partial charge in [0.15, 0.2) is 0 Å². The number of aromatic nitrogens is 1. The molecule has 0 bridgehead atoms. The average Bonchev–Trinajstić information content (AvgIpc) is 3.68. The minimum atomic E-state index is 0.837. The van der Waals surface area contributed by atoms with Crippen molar-refractivity contribution in [3.63, 3.8) is 0 Å². The van der Waals surface area contributed by atoms with Crippen LogP contribution in [0.3, 0.4) is 0 Å². The SMILES string of the molecule is c1ccc(-c2ccc(N(c3ccc(-c4nccc5oc6ccccc6c45)cc3)c3cccc4oc5ccccc5c34)cc2)cc1. The normalized spacial score (nSPS) is 11.6. The van der Waals surface area contributed by atoms with Crippen LogP contribution < -0.4 is 4.90 Å². The number of nitrogens with zero attached hydrogens (tertiary/aromatic N) is 2. The van der Waals surface area contributed by atoms with Gasteiger partial charge in [0.2, 0.25) is 0 Å². The van der Waals surface area contributed by atoms with Gasteiger partial charge >= 0.3 is 0 Å². The van der Waals surface area contributed by atoms with Gasteiger partial charge in [-0.1, -0.05) is 97.1 Å². The Morgan fingerprint density at radius 2 is 0.933 bits per heavy atom. The summed E-state index contributed by atoms with van der Waals surface area (Å²) >= 11 is 0. The first kappa shape index (κ1) is 25.4. The van der Waals surface area contributed by atoms with Crippen LogP contribution in [0.25, 0.3) is 66.3 Å². The second-order valence-corrected chi connectivity index (χ2v) is 11.2. The summed E-state index contributed by atoms with van der Waals surface area (Å²) in [6.45, 7) is 0. The Morgan fingerprint density at radius 1 is 0.400 bits per heavy atom. The van der Waals surface area contributed by atoms with Crippen molar-refractivity contribution in [2.75, 3.05) is 4.90 Å². The van der Waals surface area contributed by atoms with Gasteiger partial charge in [0, 0.05) is 33.9 Å². The Kier molecular flexibility index (Phi) is 5.78. The fourth-order valence-corrected chi connectivity index (χ4v) is 6.46. The second kappa shape index (κ2) is 10.2. The maximum atomic E-state index is 6.29. The van der Waals surface area contributed by atoms with Crippen LogP contribution in [0, 0.1) is 0 Å². The number of para-hydroxylation sites is 2. The highest BCUT2D eigenvalue weighted by molar-refractivity contribution is 6.14. The fourth-order valence-electron chi connectivity index (χ4n) is 6.46. The number of hydrogen-bond acceptors (Lipinski definition) is 4. The lowest BCUT2D eigenvalue weighted by Gasteiger charge is -2.26. The molecule has 4 nitrogen and oxygen atoms in total. The number of furan rings is 2. The van der Waals surface area contributed by atoms with E-state index >= 15 is 0 Å². The third-order valence-electron chi connectivity index (χ3n) is 8.54. The van der Waals surface area contributed by atoms with Crippen LogP contribution in [-0.4, -0.2) is 4.98 Å². The Balaban J connectivity index is 1.21. The molecule has 212 valence electrons. The zero-order valence-corrected chi connectivity index (χ0v) is 24.2. The van der Waals surface area contributed by atoms with Crippen LogP contribution in [0.5, 0.6) is 0 Å². The molecule has 0 N–H and O–H groups in total. The largest absolute Gasteiger partial charge is 0.456 e. The number of anilines is 3. The van der Waals surface area contributed by atoms with Crippen LogP contribution in [0.4, 0.5) is 17.1 Å². The summed E-state index contributed by atoms with van der Waals surface area (Å²) in [4.78, 5) is 7.12. The van der Waals surface area contributed by atoms with Crippen LogP contribution >= 0.6 is 0 Å². The van der Waals surface area contributed by atoms with Crippen LogP contribution in [0.1, 0.15) is 0 Å². The van der Waals surface area contributed by atoms with E-state index < -0.39 is 0 Å². The lowest BCUT2D eigenvalue weighted by molar-refractivity contribution is 0.668. The molecule has 0 spiro atoms. The zero-order valence-electron chi connectivity index (χ0n) is 24.2. The molecule has 0 aliphatic heterocycles. The molecule has 9 rings (SSSR count). The van der Waals surface area contributed by atoms with E-state index in [1.165, 1.54) is 11.1 Å². The maximum absolute atomic E-state index is 6.29. The molecule has 0 saturated heterocycles. The molecule has 9 aromatic rings. The van der Waals surface area contributed by atoms with Crippen molar-refractivity contribution in [3.05, 3.63) is 158 Å². The molecule has 0 atom stereocenters. The minimum Gasteiger partial charge on any atom is -0.456 e. The summed E-state index contributed by atoms with van der Waals surface area (Å²) in [5, 5.41) is 4.27. The summed E-state index contributed by atoms with van der Waals surface area (Å²) < 4.78 is 12.4. The van der Waals surface area contributed by atoms with Crippen molar-refractivity contribution in [3.8, 4) is 22.4 Å². The van der Waals surface area contributed by atoms with Gasteiger partial charge in [-0.3, -0.25) is 4.98 Å². The summed E-state index contributed by atoms with van der Waals surface area (Å²) in [5.74, 6) is 0. The summed E-state index contributed by atoms with van der Waals surface area (Å²) in [6.07, 6.45) is 1.82. The molecule has 4 heteroatoms. The van der Waals surface area contributed by atoms with Gasteiger partial charge in [0.1, 0.15) is 22.3 Å². The molecule has 45 heavy (non-hydrogen) atoms. The van der Waals surface area contributed by atoms with E-state index in [1.54, 1.807) is 0 Å². The van der Waals surface area contributed by atoms with Gasteiger partial charge in [-0.05, 0) is 65.7 Å². The monoisotopic (exact) mass is 578 g/mol. The van der Waals surface area contributed by atoms with E-state index in [0.717, 1.165) is 72.2 Å². The molecular formula is C41H26N2O2. The lowest BCUT2D eigenvalue weighted by Crippen LogP contribution is -2.10. The van der Waals surface area contributed by atoms with E-state index in [0.29, 0.717) is 0 Å². The summed E-state index contributed by atoms with van der Waals surface area (Å²) in [7, 11) is 0. The minimum absolute atomic E-state index is 0.837. The Bertz CT molecular complexity index is 2470. The highest BCUT2D eigenvalue weighted by Gasteiger charge is 2.20. The summed E-state index contributed by atoms with van der Waals surface area (Å²) in [5.41, 5.74) is 10.9. The molecule has 3 heterocycles. The van der Waals surface area contributed by atoms with Crippen molar-refractivity contribution >= 4 is 60.9 Å². The molecule has 0 aliphatic rings. The second-order valence-electron chi connectivity index (χ2n) is 11.2. The Hall–Kier alpha value is -6.13. The molecular weight excluding hydrogens is 552 g/mol. The number of hydrogen-bond donors (Lipinski definition) is 0. The van der Waals surface area contributed by atoms with Gasteiger partial charge in [0.05, 0.1) is 22.2 Å². The predicted molar refractivity (Wildman–Crippen MR) is 184 cm³/mol. The molecule has 6 aromatic carbocycles. The molecule has 0 fully saturated rings. The lowest BCUT2D eigenvalue weighted by atomic mass is 10.0. The quantitative estimate of drug-likeness (QED) is 0.204. The first-order chi connectivity index (χ1) is 22.3. The van der Waals surface area contributed by atoms with Crippen LogP contribution in [0.15, 0.2) is 167 Å². The molecule has 0 aliphatic carbocycles. The van der Waals surface area contributed by atoms with Gasteiger partial charge in [-0.2, -0.15) is 0 Å². The van der Waals surface area contributed by atoms with Crippen molar-refractivity contribution in [1.29, 1.82) is 0 Å². The molecule has 0 saturated carbocycles. The fraction of sp³-hybridized carbons (Fsp3) is 0. The van der Waals surface area contributed by atoms with Crippen LogP contribution in [0.2, 0.25) is 0 Å². The third kappa shape index (κ3) is 4.19. The van der Waals surface area contributed by atoms with Crippen LogP contribution in [-0.2, 0) is 0 Å². The predicted octanol–water partition coefficient (Wildman–Crippen LogP) is 11.7. The molecule has 3 aromatic heterocycles. The van der Waals surface area contributed by atoms with Crippen molar-refractivity contribution < 1.29 is 8.83 Å². The average molecular weight is 579 g/mol. The Labute approximate surface area is 259 Å². The van der Waals surface area contributed by atoms with Gasteiger partial charge in [0.25, 0.3) is 0 Å². The van der Waals surface area contributed by atoms with Gasteiger partial charge in [-0.15, -0.1) is 0 Å². The number of rotatable bonds is 5. The van der Waals surface area contributed by atoms with Crippen molar-refractivity contribution in [1.82, 2.24) is 4.98 Å². The number of fused-ring (bicyclic) bond motifs is 6. The van der Waals surface area contributed by atoms with Crippen molar-refractivity contribution in [2.24, 2.45) is 0 Å². The highest BCUT2D eigenvalue weighted by atomic mass is 16.3. The smallest absolute Gasteiger partial charge is 0.139 e. The van der Waals surface area contributed by atoms with E-state index in [-0.39, 0.29) is 0 Å². The highest BCUT2D eigenvalue weighted by Crippen LogP contribution is 2.44.